The Bertz CT molecular complexity index is 308. The van der Waals surface area contributed by atoms with E-state index in [1.54, 1.807) is 0 Å². The van der Waals surface area contributed by atoms with Gasteiger partial charge in [-0.3, -0.25) is 0 Å². The van der Waals surface area contributed by atoms with Gasteiger partial charge in [0, 0.05) is 10.0 Å². The van der Waals surface area contributed by atoms with Gasteiger partial charge in [0.2, 0.25) is 0 Å². The van der Waals surface area contributed by atoms with E-state index < -0.39 is 0 Å². The smallest absolute Gasteiger partial charge is 0.0439 e. The van der Waals surface area contributed by atoms with Crippen molar-refractivity contribution in [3.63, 3.8) is 0 Å². The van der Waals surface area contributed by atoms with E-state index in [0.717, 1.165) is 35.5 Å². The van der Waals surface area contributed by atoms with E-state index in [2.05, 4.69) is 5.32 Å². The Morgan fingerprint density at radius 2 is 2.08 bits per heavy atom. The lowest BCUT2D eigenvalue weighted by Gasteiger charge is -2.27. The van der Waals surface area contributed by atoms with E-state index >= 15 is 0 Å². The predicted molar refractivity (Wildman–Crippen MR) is 56.5 cm³/mol. The monoisotopic (exact) mass is 215 g/mol. The van der Waals surface area contributed by atoms with Crippen molar-refractivity contribution in [2.45, 2.75) is 6.42 Å². The Morgan fingerprint density at radius 3 is 2.69 bits per heavy atom. The largest absolute Gasteiger partial charge is 0.316 e. The molecule has 2 rings (SSSR count). The molecule has 1 heterocycles. The molecule has 1 aromatic rings. The van der Waals surface area contributed by atoms with E-state index in [4.69, 9.17) is 23.2 Å². The molecule has 0 atom stereocenters. The van der Waals surface area contributed by atoms with Crippen LogP contribution in [0.1, 0.15) is 5.56 Å². The Hall–Kier alpha value is -0.240. The van der Waals surface area contributed by atoms with Crippen molar-refractivity contribution in [1.82, 2.24) is 5.32 Å². The highest BCUT2D eigenvalue weighted by Gasteiger charge is 2.18. The number of hydrogen-bond acceptors (Lipinski definition) is 1. The number of nitrogens with one attached hydrogen (secondary N) is 1. The zero-order valence-corrected chi connectivity index (χ0v) is 8.70. The highest BCUT2D eigenvalue weighted by Crippen LogP contribution is 2.24. The molecule has 13 heavy (non-hydrogen) atoms. The molecule has 70 valence electrons. The summed E-state index contributed by atoms with van der Waals surface area (Å²) in [6.07, 6.45) is 1.03. The molecular formula is C10H11Cl2N. The fourth-order valence-corrected chi connectivity index (χ4v) is 1.89. The quantitative estimate of drug-likeness (QED) is 0.801. The van der Waals surface area contributed by atoms with E-state index in [1.807, 2.05) is 18.2 Å². The van der Waals surface area contributed by atoms with Crippen LogP contribution in [-0.4, -0.2) is 13.1 Å². The molecule has 0 aliphatic carbocycles. The summed E-state index contributed by atoms with van der Waals surface area (Å²) in [6.45, 7) is 2.20. The molecule has 0 spiro atoms. The number of halogens is 2. The molecule has 3 heteroatoms. The molecular weight excluding hydrogens is 205 g/mol. The van der Waals surface area contributed by atoms with Gasteiger partial charge in [0.05, 0.1) is 0 Å². The van der Waals surface area contributed by atoms with Gasteiger partial charge in [0.1, 0.15) is 0 Å². The molecule has 1 aromatic carbocycles. The molecule has 1 aliphatic rings. The molecule has 1 nitrogen and oxygen atoms in total. The van der Waals surface area contributed by atoms with Crippen molar-refractivity contribution >= 4 is 23.2 Å². The summed E-state index contributed by atoms with van der Waals surface area (Å²) in [5.41, 5.74) is 1.17. The van der Waals surface area contributed by atoms with Gasteiger partial charge in [0.15, 0.2) is 0 Å². The van der Waals surface area contributed by atoms with Gasteiger partial charge >= 0.3 is 0 Å². The fraction of sp³-hybridized carbons (Fsp3) is 0.400. The van der Waals surface area contributed by atoms with Gasteiger partial charge in [-0.25, -0.2) is 0 Å². The van der Waals surface area contributed by atoms with Gasteiger partial charge < -0.3 is 5.32 Å². The third kappa shape index (κ3) is 2.16. The summed E-state index contributed by atoms with van der Waals surface area (Å²) in [5.74, 6) is 0.732. The summed E-state index contributed by atoms with van der Waals surface area (Å²) >= 11 is 11.9. The second-order valence-corrected chi connectivity index (χ2v) is 4.31. The van der Waals surface area contributed by atoms with Crippen molar-refractivity contribution in [1.29, 1.82) is 0 Å². The van der Waals surface area contributed by atoms with Gasteiger partial charge in [0.25, 0.3) is 0 Å². The lowest BCUT2D eigenvalue weighted by Crippen LogP contribution is -2.43. The molecule has 0 aromatic heterocycles. The van der Waals surface area contributed by atoms with Crippen molar-refractivity contribution < 1.29 is 0 Å². The van der Waals surface area contributed by atoms with Gasteiger partial charge in [-0.05, 0) is 49.2 Å². The van der Waals surface area contributed by atoms with E-state index in [-0.39, 0.29) is 0 Å². The highest BCUT2D eigenvalue weighted by molar-refractivity contribution is 6.33. The maximum atomic E-state index is 6.04. The van der Waals surface area contributed by atoms with E-state index in [9.17, 15) is 0 Å². The summed E-state index contributed by atoms with van der Waals surface area (Å²) < 4.78 is 0. The molecule has 0 unspecified atom stereocenters. The van der Waals surface area contributed by atoms with Crippen LogP contribution in [0.15, 0.2) is 18.2 Å². The van der Waals surface area contributed by atoms with Crippen LogP contribution in [0.2, 0.25) is 10.0 Å². The van der Waals surface area contributed by atoms with Gasteiger partial charge in [-0.1, -0.05) is 23.2 Å². The molecule has 0 amide bonds. The van der Waals surface area contributed by atoms with Crippen molar-refractivity contribution in [3.05, 3.63) is 33.8 Å². The minimum Gasteiger partial charge on any atom is -0.316 e. The molecule has 1 saturated heterocycles. The lowest BCUT2D eigenvalue weighted by atomic mass is 9.94. The van der Waals surface area contributed by atoms with Gasteiger partial charge in [-0.15, -0.1) is 0 Å². The zero-order valence-electron chi connectivity index (χ0n) is 7.19. The van der Waals surface area contributed by atoms with Crippen LogP contribution in [0.5, 0.6) is 0 Å². The lowest BCUT2D eigenvalue weighted by molar-refractivity contribution is 0.346. The maximum absolute atomic E-state index is 6.04. The Morgan fingerprint density at radius 1 is 1.31 bits per heavy atom. The average molecular weight is 216 g/mol. The van der Waals surface area contributed by atoms with Crippen LogP contribution in [0.25, 0.3) is 0 Å². The minimum atomic E-state index is 0.732. The molecule has 0 radical (unpaired) electrons. The first-order chi connectivity index (χ1) is 6.25. The highest BCUT2D eigenvalue weighted by atomic mass is 35.5. The standard InChI is InChI=1S/C10H11Cl2N/c11-9-1-2-10(12)8(4-9)3-7-5-13-6-7/h1-2,4,7,13H,3,5-6H2. The van der Waals surface area contributed by atoms with Crippen LogP contribution in [0.3, 0.4) is 0 Å². The third-order valence-electron chi connectivity index (χ3n) is 2.38. The molecule has 0 saturated carbocycles. The first kappa shape index (κ1) is 9.32. The van der Waals surface area contributed by atoms with Crippen LogP contribution in [0, 0.1) is 5.92 Å². The van der Waals surface area contributed by atoms with Crippen LogP contribution < -0.4 is 5.32 Å². The Kier molecular flexibility index (Phi) is 2.77. The number of benzene rings is 1. The number of rotatable bonds is 2. The maximum Gasteiger partial charge on any atom is 0.0439 e. The Labute approximate surface area is 88.0 Å². The molecule has 1 aliphatic heterocycles. The normalized spacial score (nSPS) is 17.1. The van der Waals surface area contributed by atoms with Crippen LogP contribution in [-0.2, 0) is 6.42 Å². The average Bonchev–Trinajstić information content (AvgIpc) is 2.03. The predicted octanol–water partition coefficient (Wildman–Crippen LogP) is 2.76. The second-order valence-electron chi connectivity index (χ2n) is 3.46. The summed E-state index contributed by atoms with van der Waals surface area (Å²) in [4.78, 5) is 0. The zero-order chi connectivity index (χ0) is 9.26. The van der Waals surface area contributed by atoms with E-state index in [1.165, 1.54) is 5.56 Å². The first-order valence-electron chi connectivity index (χ1n) is 4.40. The summed E-state index contributed by atoms with van der Waals surface area (Å²) in [7, 11) is 0. The summed E-state index contributed by atoms with van der Waals surface area (Å²) in [5, 5.41) is 4.84. The Balaban J connectivity index is 2.13. The third-order valence-corrected chi connectivity index (χ3v) is 2.99. The van der Waals surface area contributed by atoms with Crippen LogP contribution in [0.4, 0.5) is 0 Å². The van der Waals surface area contributed by atoms with Crippen molar-refractivity contribution in [2.24, 2.45) is 5.92 Å². The van der Waals surface area contributed by atoms with Gasteiger partial charge in [-0.2, -0.15) is 0 Å². The minimum absolute atomic E-state index is 0.732. The van der Waals surface area contributed by atoms with Crippen molar-refractivity contribution in [2.75, 3.05) is 13.1 Å². The van der Waals surface area contributed by atoms with E-state index in [0.29, 0.717) is 0 Å². The topological polar surface area (TPSA) is 12.0 Å². The first-order valence-corrected chi connectivity index (χ1v) is 5.16. The SMILES string of the molecule is Clc1ccc(Cl)c(CC2CNC2)c1. The fourth-order valence-electron chi connectivity index (χ4n) is 1.50. The molecule has 1 N–H and O–H groups in total. The number of hydrogen-bond donors (Lipinski definition) is 1. The van der Waals surface area contributed by atoms with Crippen molar-refractivity contribution in [3.8, 4) is 0 Å². The molecule has 1 fully saturated rings. The molecule has 0 bridgehead atoms. The van der Waals surface area contributed by atoms with Crippen LogP contribution >= 0.6 is 23.2 Å². The summed E-state index contributed by atoms with van der Waals surface area (Å²) in [6, 6.07) is 5.65. The second kappa shape index (κ2) is 3.87.